The van der Waals surface area contributed by atoms with Crippen LogP contribution in [0.4, 0.5) is 0 Å². The second-order valence-electron chi connectivity index (χ2n) is 6.60. The van der Waals surface area contributed by atoms with Crippen molar-refractivity contribution in [1.29, 1.82) is 0 Å². The van der Waals surface area contributed by atoms with Gasteiger partial charge in [-0.05, 0) is 43.9 Å². The molecule has 25 heavy (non-hydrogen) atoms. The predicted molar refractivity (Wildman–Crippen MR) is 110 cm³/mol. The minimum atomic E-state index is 0. The predicted octanol–water partition coefficient (Wildman–Crippen LogP) is 3.30. The first-order valence-electron chi connectivity index (χ1n) is 8.98. The fourth-order valence-electron chi connectivity index (χ4n) is 3.16. The van der Waals surface area contributed by atoms with Crippen molar-refractivity contribution in [3.05, 3.63) is 35.4 Å². The van der Waals surface area contributed by atoms with Gasteiger partial charge in [0, 0.05) is 32.1 Å². The minimum Gasteiger partial charge on any atom is -0.355 e. The first-order valence-corrected chi connectivity index (χ1v) is 8.98. The highest BCUT2D eigenvalue weighted by Gasteiger charge is 2.20. The van der Waals surface area contributed by atoms with E-state index in [1.807, 2.05) is 0 Å². The van der Waals surface area contributed by atoms with Gasteiger partial charge in [0.05, 0.1) is 0 Å². The number of benzene rings is 1. The lowest BCUT2D eigenvalue weighted by Gasteiger charge is -2.33. The van der Waals surface area contributed by atoms with E-state index in [1.54, 1.807) is 0 Å². The Kier molecular flexibility index (Phi) is 13.0. The van der Waals surface area contributed by atoms with Crippen molar-refractivity contribution < 1.29 is 4.79 Å². The third-order valence-electron chi connectivity index (χ3n) is 4.74. The summed E-state index contributed by atoms with van der Waals surface area (Å²) in [5.41, 5.74) is 8.37. The monoisotopic (exact) mass is 389 g/mol. The molecular weight excluding hydrogens is 357 g/mol. The van der Waals surface area contributed by atoms with E-state index >= 15 is 0 Å². The van der Waals surface area contributed by atoms with Crippen LogP contribution in [0, 0.1) is 0 Å². The Morgan fingerprint density at radius 3 is 2.56 bits per heavy atom. The normalized spacial score (nSPS) is 14.6. The van der Waals surface area contributed by atoms with Crippen LogP contribution < -0.4 is 11.1 Å². The highest BCUT2D eigenvalue weighted by molar-refractivity contribution is 5.85. The van der Waals surface area contributed by atoms with E-state index in [1.165, 1.54) is 11.1 Å². The third kappa shape index (κ3) is 8.41. The molecule has 2 rings (SSSR count). The molecule has 4 nitrogen and oxygen atoms in total. The smallest absolute Gasteiger partial charge is 0.220 e. The topological polar surface area (TPSA) is 58.4 Å². The molecular formula is C19H33Cl2N3O. The number of amides is 1. The average Bonchev–Trinajstić information content (AvgIpc) is 2.59. The Bertz CT molecular complexity index is 499. The number of carbonyl (C=O) groups excluding carboxylic acids is 1. The molecule has 0 aromatic heterocycles. The Balaban J connectivity index is 0.00000288. The molecule has 1 heterocycles. The fourth-order valence-corrected chi connectivity index (χ4v) is 3.16. The molecule has 0 saturated heterocycles. The van der Waals surface area contributed by atoms with Crippen LogP contribution in [0.15, 0.2) is 24.3 Å². The number of halogens is 2. The number of fused-ring (bicyclic) bond motifs is 1. The number of nitrogens with zero attached hydrogens (tertiary/aromatic N) is 1. The fraction of sp³-hybridized carbons (Fsp3) is 0.632. The molecule has 6 heteroatoms. The Hall–Kier alpha value is -0.810. The molecule has 1 amide bonds. The summed E-state index contributed by atoms with van der Waals surface area (Å²) in [7, 11) is 0. The molecule has 1 aromatic carbocycles. The Morgan fingerprint density at radius 1 is 1.16 bits per heavy atom. The van der Waals surface area contributed by atoms with Gasteiger partial charge in [0.15, 0.2) is 0 Å². The Labute approximate surface area is 164 Å². The Morgan fingerprint density at radius 2 is 1.84 bits per heavy atom. The zero-order chi connectivity index (χ0) is 16.5. The zero-order valence-corrected chi connectivity index (χ0v) is 16.8. The van der Waals surface area contributed by atoms with Crippen molar-refractivity contribution in [3.63, 3.8) is 0 Å². The number of unbranched alkanes of at least 4 members (excludes halogenated alkanes) is 3. The van der Waals surface area contributed by atoms with Gasteiger partial charge in [-0.1, -0.05) is 37.1 Å². The van der Waals surface area contributed by atoms with E-state index in [0.717, 1.165) is 58.3 Å². The summed E-state index contributed by atoms with van der Waals surface area (Å²) in [6.07, 6.45) is 6.01. The summed E-state index contributed by atoms with van der Waals surface area (Å²) in [4.78, 5) is 14.4. The van der Waals surface area contributed by atoms with E-state index in [-0.39, 0.29) is 30.7 Å². The maximum atomic E-state index is 11.9. The van der Waals surface area contributed by atoms with E-state index < -0.39 is 0 Å². The van der Waals surface area contributed by atoms with Gasteiger partial charge in [0.2, 0.25) is 5.91 Å². The second-order valence-corrected chi connectivity index (χ2v) is 6.60. The van der Waals surface area contributed by atoms with E-state index in [2.05, 4.69) is 41.4 Å². The number of nitrogens with one attached hydrogen (secondary N) is 1. The number of nitrogens with two attached hydrogens (primary N) is 1. The van der Waals surface area contributed by atoms with Crippen LogP contribution in [0.3, 0.4) is 0 Å². The molecule has 144 valence electrons. The summed E-state index contributed by atoms with van der Waals surface area (Å²) in [5, 5.41) is 3.09. The lowest BCUT2D eigenvalue weighted by Crippen LogP contribution is -2.44. The summed E-state index contributed by atoms with van der Waals surface area (Å²) >= 11 is 0. The van der Waals surface area contributed by atoms with Crippen molar-refractivity contribution >= 4 is 30.7 Å². The van der Waals surface area contributed by atoms with Crippen molar-refractivity contribution in [2.24, 2.45) is 5.73 Å². The highest BCUT2D eigenvalue weighted by atomic mass is 35.5. The van der Waals surface area contributed by atoms with Crippen molar-refractivity contribution in [3.8, 4) is 0 Å². The lowest BCUT2D eigenvalue weighted by molar-refractivity contribution is -0.121. The third-order valence-corrected chi connectivity index (χ3v) is 4.74. The van der Waals surface area contributed by atoms with Gasteiger partial charge in [-0.25, -0.2) is 0 Å². The number of carbonyl (C=O) groups is 1. The first-order chi connectivity index (χ1) is 11.2. The molecule has 1 atom stereocenters. The van der Waals surface area contributed by atoms with Crippen molar-refractivity contribution in [2.45, 2.75) is 58.0 Å². The standard InChI is InChI=1S/C19H31N3O.2ClH/c1-16(14-21-19(23)10-4-2-3-7-12-20)22-13-11-17-8-5-6-9-18(17)15-22;;/h5-6,8-9,16H,2-4,7,10-15,20H2,1H3,(H,21,23);2*1H. The first kappa shape index (κ1) is 24.2. The van der Waals surface area contributed by atoms with Crippen LogP contribution in [0.2, 0.25) is 0 Å². The minimum absolute atomic E-state index is 0. The number of hydrogen-bond donors (Lipinski definition) is 2. The molecule has 3 N–H and O–H groups in total. The molecule has 0 bridgehead atoms. The van der Waals surface area contributed by atoms with Gasteiger partial charge in [-0.15, -0.1) is 24.8 Å². The quantitative estimate of drug-likeness (QED) is 0.636. The molecule has 1 unspecified atom stereocenters. The van der Waals surface area contributed by atoms with Crippen LogP contribution in [0.5, 0.6) is 0 Å². The maximum absolute atomic E-state index is 11.9. The van der Waals surface area contributed by atoms with Gasteiger partial charge in [0.1, 0.15) is 0 Å². The number of hydrogen-bond acceptors (Lipinski definition) is 3. The lowest BCUT2D eigenvalue weighted by atomic mass is 9.99. The summed E-state index contributed by atoms with van der Waals surface area (Å²) in [6, 6.07) is 9.05. The van der Waals surface area contributed by atoms with Gasteiger partial charge in [-0.2, -0.15) is 0 Å². The molecule has 0 fully saturated rings. The van der Waals surface area contributed by atoms with Crippen molar-refractivity contribution in [1.82, 2.24) is 10.2 Å². The van der Waals surface area contributed by atoms with Gasteiger partial charge >= 0.3 is 0 Å². The summed E-state index contributed by atoms with van der Waals surface area (Å²) in [5.74, 6) is 0.182. The van der Waals surface area contributed by atoms with Crippen LogP contribution in [0.1, 0.15) is 50.2 Å². The molecule has 0 spiro atoms. The van der Waals surface area contributed by atoms with Crippen LogP contribution in [-0.2, 0) is 17.8 Å². The average molecular weight is 390 g/mol. The zero-order valence-electron chi connectivity index (χ0n) is 15.2. The van der Waals surface area contributed by atoms with Crippen molar-refractivity contribution in [2.75, 3.05) is 19.6 Å². The van der Waals surface area contributed by atoms with Crippen LogP contribution in [-0.4, -0.2) is 36.5 Å². The molecule has 0 radical (unpaired) electrons. The van der Waals surface area contributed by atoms with Crippen LogP contribution in [0.25, 0.3) is 0 Å². The molecule has 0 aliphatic carbocycles. The van der Waals surface area contributed by atoms with E-state index in [0.29, 0.717) is 12.5 Å². The van der Waals surface area contributed by atoms with Gasteiger partial charge in [-0.3, -0.25) is 9.69 Å². The second kappa shape index (κ2) is 13.4. The van der Waals surface area contributed by atoms with E-state index in [4.69, 9.17) is 5.73 Å². The maximum Gasteiger partial charge on any atom is 0.220 e. The van der Waals surface area contributed by atoms with Gasteiger partial charge < -0.3 is 11.1 Å². The SMILES string of the molecule is CC(CNC(=O)CCCCCCN)N1CCc2ccccc2C1.Cl.Cl. The number of rotatable bonds is 9. The summed E-state index contributed by atoms with van der Waals surface area (Å²) in [6.45, 7) is 5.77. The van der Waals surface area contributed by atoms with E-state index in [9.17, 15) is 4.79 Å². The molecule has 1 aliphatic heterocycles. The summed E-state index contributed by atoms with van der Waals surface area (Å²) < 4.78 is 0. The molecule has 1 aliphatic rings. The molecule has 1 aromatic rings. The molecule has 0 saturated carbocycles. The largest absolute Gasteiger partial charge is 0.355 e. The van der Waals surface area contributed by atoms with Crippen LogP contribution >= 0.6 is 24.8 Å². The van der Waals surface area contributed by atoms with Gasteiger partial charge in [0.25, 0.3) is 0 Å². The highest BCUT2D eigenvalue weighted by Crippen LogP contribution is 2.19.